The van der Waals surface area contributed by atoms with E-state index in [9.17, 15) is 17.6 Å². The molecule has 0 atom stereocenters. The Morgan fingerprint density at radius 1 is 0.885 bits per heavy atom. The zero-order valence-electron chi connectivity index (χ0n) is 16.0. The summed E-state index contributed by atoms with van der Waals surface area (Å²) < 4.78 is 70.3. The molecule has 0 fully saturated rings. The molecule has 1 aromatic carbocycles. The number of halogens is 4. The second kappa shape index (κ2) is 10.4. The highest BCUT2D eigenvalue weighted by Crippen LogP contribution is 2.26. The van der Waals surface area contributed by atoms with E-state index in [0.29, 0.717) is 42.2 Å². The van der Waals surface area contributed by atoms with Crippen molar-refractivity contribution in [3.05, 3.63) is 34.9 Å². The summed E-state index contributed by atoms with van der Waals surface area (Å²) in [6, 6.07) is 0.711. The van der Waals surface area contributed by atoms with Gasteiger partial charge < -0.3 is 13.9 Å². The maximum absolute atomic E-state index is 13.6. The molecule has 0 N–H and O–H groups in total. The van der Waals surface area contributed by atoms with Crippen molar-refractivity contribution in [2.24, 2.45) is 0 Å². The van der Waals surface area contributed by atoms with Crippen molar-refractivity contribution in [3.63, 3.8) is 0 Å². The fourth-order valence-electron chi connectivity index (χ4n) is 2.70. The number of unbranched alkanes of at least 4 members (excludes halogenated alkanes) is 2. The van der Waals surface area contributed by atoms with Gasteiger partial charge in [0.05, 0.1) is 12.2 Å². The predicted octanol–water partition coefficient (Wildman–Crippen LogP) is 4.15. The molecule has 0 aliphatic rings. The molecule has 0 saturated carbocycles. The lowest BCUT2D eigenvalue weighted by molar-refractivity contribution is -0.369. The summed E-state index contributed by atoms with van der Waals surface area (Å²) in [5.74, 6) is -7.35. The van der Waals surface area contributed by atoms with Gasteiger partial charge in [0.25, 0.3) is 5.97 Å². The van der Waals surface area contributed by atoms with Crippen LogP contribution in [0.15, 0.2) is 6.07 Å². The van der Waals surface area contributed by atoms with Crippen LogP contribution in [0.2, 0.25) is 0 Å². The minimum atomic E-state index is -1.78. The highest BCUT2D eigenvalue weighted by molar-refractivity contribution is 5.98. The van der Waals surface area contributed by atoms with Crippen LogP contribution in [-0.2, 0) is 20.3 Å². The van der Waals surface area contributed by atoms with Gasteiger partial charge in [-0.1, -0.05) is 6.42 Å². The molecule has 0 heterocycles. The van der Waals surface area contributed by atoms with Crippen molar-refractivity contribution in [2.75, 3.05) is 0 Å². The van der Waals surface area contributed by atoms with E-state index in [0.717, 1.165) is 0 Å². The van der Waals surface area contributed by atoms with Crippen molar-refractivity contribution < 1.29 is 31.5 Å². The first kappa shape index (κ1) is 23.1. The molecule has 3 nitrogen and oxygen atoms in total. The van der Waals surface area contributed by atoms with Gasteiger partial charge in [0, 0.05) is 6.42 Å². The van der Waals surface area contributed by atoms with Gasteiger partial charge in [0.15, 0.2) is 33.8 Å². The Bertz CT molecular complexity index is 572. The molecule has 0 amide bonds. The average molecular weight is 396 g/mol. The van der Waals surface area contributed by atoms with E-state index >= 15 is 0 Å². The third-order valence-corrected chi connectivity index (χ3v) is 4.37. The summed E-state index contributed by atoms with van der Waals surface area (Å²) in [6.45, 7) is 7.55. The normalized spacial score (nSPS) is 12.5. The van der Waals surface area contributed by atoms with Gasteiger partial charge in [-0.25, -0.2) is 17.6 Å². The molecular formula is C18H28F4O3Si. The monoisotopic (exact) mass is 396 g/mol. The van der Waals surface area contributed by atoms with Crippen LogP contribution in [0.3, 0.4) is 0 Å². The summed E-state index contributed by atoms with van der Waals surface area (Å²) in [4.78, 5) is 0. The molecule has 0 saturated heterocycles. The fourth-order valence-corrected chi connectivity index (χ4v) is 3.10. The highest BCUT2D eigenvalue weighted by atomic mass is 28.2. The highest BCUT2D eigenvalue weighted by Gasteiger charge is 2.33. The van der Waals surface area contributed by atoms with Crippen LogP contribution >= 0.6 is 0 Å². The number of aryl methyl sites for hydroxylation is 1. The Hall–Kier alpha value is -0.963. The summed E-state index contributed by atoms with van der Waals surface area (Å²) in [5, 5.41) is 0. The van der Waals surface area contributed by atoms with Crippen LogP contribution < -0.4 is 0 Å². The zero-order chi connectivity index (χ0) is 19.9. The van der Waals surface area contributed by atoms with Crippen molar-refractivity contribution in [1.82, 2.24) is 0 Å². The molecule has 8 heteroatoms. The molecule has 0 unspecified atom stereocenters. The smallest absolute Gasteiger partial charge is 0.273 e. The number of rotatable bonds is 11. The molecule has 150 valence electrons. The topological polar surface area (TPSA) is 27.7 Å². The minimum absolute atomic E-state index is 0.0815. The van der Waals surface area contributed by atoms with E-state index < -0.39 is 29.2 Å². The van der Waals surface area contributed by atoms with Crippen LogP contribution in [0.25, 0.3) is 0 Å². The average Bonchev–Trinajstić information content (AvgIpc) is 2.55. The fraction of sp³-hybridized carbons (Fsp3) is 0.667. The van der Waals surface area contributed by atoms with E-state index in [-0.39, 0.29) is 24.2 Å². The van der Waals surface area contributed by atoms with E-state index in [4.69, 9.17) is 13.9 Å². The van der Waals surface area contributed by atoms with Crippen molar-refractivity contribution in [2.45, 2.75) is 78.0 Å². The number of hydrogen-bond donors (Lipinski definition) is 0. The van der Waals surface area contributed by atoms with E-state index in [2.05, 4.69) is 0 Å². The Morgan fingerprint density at radius 3 is 1.96 bits per heavy atom. The molecule has 1 rings (SSSR count). The second-order valence-corrected chi connectivity index (χ2v) is 7.15. The lowest BCUT2D eigenvalue weighted by atomic mass is 10.0. The van der Waals surface area contributed by atoms with Gasteiger partial charge in [0.2, 0.25) is 0 Å². The van der Waals surface area contributed by atoms with E-state index in [1.165, 1.54) is 0 Å². The molecule has 0 aliphatic carbocycles. The molecule has 1 aromatic rings. The lowest BCUT2D eigenvalue weighted by Gasteiger charge is -2.36. The van der Waals surface area contributed by atoms with Gasteiger partial charge in [-0.05, 0) is 58.6 Å². The van der Waals surface area contributed by atoms with Gasteiger partial charge in [-0.2, -0.15) is 0 Å². The SMILES string of the molecule is CC(C)OC(CCCCCc1cc(F)c(F)c(F)c1F)(O[SiH3])OC(C)C. The zero-order valence-corrected chi connectivity index (χ0v) is 18.0. The third kappa shape index (κ3) is 6.64. The molecule has 0 aliphatic heterocycles. The Morgan fingerprint density at radius 2 is 1.46 bits per heavy atom. The minimum Gasteiger partial charge on any atom is -0.380 e. The molecular weight excluding hydrogens is 368 g/mol. The maximum Gasteiger partial charge on any atom is 0.273 e. The Kier molecular flexibility index (Phi) is 9.22. The Labute approximate surface area is 155 Å². The van der Waals surface area contributed by atoms with Gasteiger partial charge in [-0.15, -0.1) is 0 Å². The maximum atomic E-state index is 13.6. The van der Waals surface area contributed by atoms with Crippen molar-refractivity contribution in [3.8, 4) is 0 Å². The van der Waals surface area contributed by atoms with Crippen LogP contribution in [0.4, 0.5) is 17.6 Å². The standard InChI is InChI=1S/C18H28F4O3Si/c1-11(2)23-18(25-26,24-12(3)4)9-7-5-6-8-13-10-14(19)16(21)17(22)15(13)20/h10-12H,5-9H2,1-4,26H3. The van der Waals surface area contributed by atoms with Crippen LogP contribution in [0.5, 0.6) is 0 Å². The summed E-state index contributed by atoms with van der Waals surface area (Å²) in [5.41, 5.74) is -0.163. The van der Waals surface area contributed by atoms with Crippen LogP contribution in [-0.4, -0.2) is 28.7 Å². The molecule has 26 heavy (non-hydrogen) atoms. The van der Waals surface area contributed by atoms with Gasteiger partial charge in [0.1, 0.15) is 0 Å². The molecule has 0 spiro atoms. The van der Waals surface area contributed by atoms with Crippen molar-refractivity contribution >= 4 is 10.5 Å². The lowest BCUT2D eigenvalue weighted by Crippen LogP contribution is -2.42. The first-order chi connectivity index (χ1) is 12.1. The largest absolute Gasteiger partial charge is 0.380 e. The first-order valence-electron chi connectivity index (χ1n) is 8.84. The third-order valence-electron chi connectivity index (χ3n) is 3.75. The van der Waals surface area contributed by atoms with E-state index in [1.54, 1.807) is 0 Å². The second-order valence-electron chi connectivity index (χ2n) is 6.74. The van der Waals surface area contributed by atoms with Crippen LogP contribution in [0, 0.1) is 23.3 Å². The summed E-state index contributed by atoms with van der Waals surface area (Å²) in [6.07, 6.45) is 2.24. The molecule has 0 bridgehead atoms. The quantitative estimate of drug-likeness (QED) is 0.140. The van der Waals surface area contributed by atoms with Crippen LogP contribution in [0.1, 0.15) is 58.9 Å². The summed E-state index contributed by atoms with van der Waals surface area (Å²) in [7, 11) is 0.433. The first-order valence-corrected chi connectivity index (χ1v) is 9.66. The Balaban J connectivity index is 2.59. The number of hydrogen-bond acceptors (Lipinski definition) is 3. The summed E-state index contributed by atoms with van der Waals surface area (Å²) >= 11 is 0. The predicted molar refractivity (Wildman–Crippen MR) is 94.6 cm³/mol. The number of benzene rings is 1. The molecule has 0 radical (unpaired) electrons. The molecule has 0 aromatic heterocycles. The number of ether oxygens (including phenoxy) is 2. The van der Waals surface area contributed by atoms with E-state index in [1.807, 2.05) is 27.7 Å². The van der Waals surface area contributed by atoms with Gasteiger partial charge in [-0.3, -0.25) is 0 Å². The van der Waals surface area contributed by atoms with Gasteiger partial charge >= 0.3 is 0 Å². The van der Waals surface area contributed by atoms with Crippen molar-refractivity contribution in [1.29, 1.82) is 0 Å².